The van der Waals surface area contributed by atoms with Gasteiger partial charge < -0.3 is 10.1 Å². The van der Waals surface area contributed by atoms with Crippen LogP contribution in [0.15, 0.2) is 18.2 Å². The van der Waals surface area contributed by atoms with Gasteiger partial charge in [-0.05, 0) is 30.7 Å². The van der Waals surface area contributed by atoms with E-state index in [1.165, 1.54) is 19.4 Å². The second-order valence-corrected chi connectivity index (χ2v) is 6.70. The van der Waals surface area contributed by atoms with Gasteiger partial charge in [-0.2, -0.15) is 0 Å². The third-order valence-electron chi connectivity index (χ3n) is 2.70. The van der Waals surface area contributed by atoms with Crippen molar-refractivity contribution >= 4 is 9.84 Å². The Labute approximate surface area is 113 Å². The number of halogens is 1. The molecule has 0 saturated carbocycles. The molecule has 19 heavy (non-hydrogen) atoms. The molecule has 0 aliphatic heterocycles. The first-order chi connectivity index (χ1) is 8.85. The molecule has 0 fully saturated rings. The maximum atomic E-state index is 13.6. The van der Waals surface area contributed by atoms with Crippen molar-refractivity contribution in [2.45, 2.75) is 19.4 Å². The molecule has 0 spiro atoms. The second-order valence-electron chi connectivity index (χ2n) is 4.52. The topological polar surface area (TPSA) is 55.4 Å². The van der Waals surface area contributed by atoms with Crippen molar-refractivity contribution in [1.29, 1.82) is 0 Å². The molecule has 1 atom stereocenters. The SMILES string of the molecule is CCNC(Cc1ccc(OC)c(F)c1)CS(C)(=O)=O. The van der Waals surface area contributed by atoms with Crippen LogP contribution in [0, 0.1) is 5.82 Å². The van der Waals surface area contributed by atoms with E-state index in [0.717, 1.165) is 5.56 Å². The fourth-order valence-electron chi connectivity index (χ4n) is 1.97. The largest absolute Gasteiger partial charge is 0.494 e. The highest BCUT2D eigenvalue weighted by molar-refractivity contribution is 7.90. The van der Waals surface area contributed by atoms with Crippen LogP contribution >= 0.6 is 0 Å². The number of nitrogens with one attached hydrogen (secondary N) is 1. The predicted molar refractivity (Wildman–Crippen MR) is 73.8 cm³/mol. The number of hydrogen-bond donors (Lipinski definition) is 1. The summed E-state index contributed by atoms with van der Waals surface area (Å²) in [5, 5.41) is 3.10. The zero-order chi connectivity index (χ0) is 14.5. The molecule has 108 valence electrons. The van der Waals surface area contributed by atoms with Gasteiger partial charge in [0, 0.05) is 12.3 Å². The summed E-state index contributed by atoms with van der Waals surface area (Å²) >= 11 is 0. The van der Waals surface area contributed by atoms with E-state index in [1.54, 1.807) is 12.1 Å². The van der Waals surface area contributed by atoms with Crippen LogP contribution in [0.4, 0.5) is 4.39 Å². The lowest BCUT2D eigenvalue weighted by atomic mass is 10.1. The second kappa shape index (κ2) is 6.86. The average molecular weight is 289 g/mol. The van der Waals surface area contributed by atoms with Gasteiger partial charge in [-0.25, -0.2) is 12.8 Å². The van der Waals surface area contributed by atoms with Crippen molar-refractivity contribution in [2.24, 2.45) is 0 Å². The Bertz CT molecular complexity index is 517. The third kappa shape index (κ3) is 5.57. The van der Waals surface area contributed by atoms with Crippen molar-refractivity contribution in [2.75, 3.05) is 25.7 Å². The van der Waals surface area contributed by atoms with Crippen LogP contribution in [0.1, 0.15) is 12.5 Å². The van der Waals surface area contributed by atoms with E-state index in [1.807, 2.05) is 6.92 Å². The number of hydrogen-bond acceptors (Lipinski definition) is 4. The quantitative estimate of drug-likeness (QED) is 0.824. The summed E-state index contributed by atoms with van der Waals surface area (Å²) in [6.45, 7) is 2.57. The Kier molecular flexibility index (Phi) is 5.75. The summed E-state index contributed by atoms with van der Waals surface area (Å²) in [6.07, 6.45) is 1.66. The maximum absolute atomic E-state index is 13.6. The molecule has 4 nitrogen and oxygen atoms in total. The molecule has 0 radical (unpaired) electrons. The standard InChI is InChI=1S/C13H20FNO3S/c1-4-15-11(9-19(3,16)17)7-10-5-6-13(18-2)12(14)8-10/h5-6,8,11,15H,4,7,9H2,1-3H3. The molecule has 6 heteroatoms. The number of likely N-dealkylation sites (N-methyl/N-ethyl adjacent to an activating group) is 1. The highest BCUT2D eigenvalue weighted by Gasteiger charge is 2.15. The fourth-order valence-corrected chi connectivity index (χ4v) is 2.93. The Morgan fingerprint density at radius 2 is 2.11 bits per heavy atom. The van der Waals surface area contributed by atoms with Gasteiger partial charge >= 0.3 is 0 Å². The van der Waals surface area contributed by atoms with E-state index in [4.69, 9.17) is 4.74 Å². The summed E-state index contributed by atoms with van der Waals surface area (Å²) in [5.74, 6) is -0.212. The van der Waals surface area contributed by atoms with Gasteiger partial charge in [0.25, 0.3) is 0 Å². The van der Waals surface area contributed by atoms with Crippen LogP contribution in [0.2, 0.25) is 0 Å². The van der Waals surface area contributed by atoms with Gasteiger partial charge in [-0.1, -0.05) is 13.0 Å². The van der Waals surface area contributed by atoms with Crippen molar-refractivity contribution in [1.82, 2.24) is 5.32 Å². The molecule has 1 rings (SSSR count). The van der Waals surface area contributed by atoms with Crippen molar-refractivity contribution in [3.63, 3.8) is 0 Å². The van der Waals surface area contributed by atoms with E-state index >= 15 is 0 Å². The summed E-state index contributed by atoms with van der Waals surface area (Å²) in [5.41, 5.74) is 0.743. The highest BCUT2D eigenvalue weighted by Crippen LogP contribution is 2.18. The molecular formula is C13H20FNO3S. The van der Waals surface area contributed by atoms with Gasteiger partial charge in [-0.3, -0.25) is 0 Å². The zero-order valence-corrected chi connectivity index (χ0v) is 12.3. The molecule has 0 aliphatic rings. The molecule has 0 aromatic heterocycles. The first-order valence-electron chi connectivity index (χ1n) is 6.09. The molecule has 0 saturated heterocycles. The number of sulfone groups is 1. The van der Waals surface area contributed by atoms with Crippen LogP contribution < -0.4 is 10.1 Å². The minimum absolute atomic E-state index is 0.0362. The lowest BCUT2D eigenvalue weighted by Gasteiger charge is -2.17. The minimum Gasteiger partial charge on any atom is -0.494 e. The fraction of sp³-hybridized carbons (Fsp3) is 0.538. The summed E-state index contributed by atoms with van der Waals surface area (Å²) < 4.78 is 41.1. The first kappa shape index (κ1) is 15.9. The highest BCUT2D eigenvalue weighted by atomic mass is 32.2. The number of rotatable bonds is 7. The van der Waals surface area contributed by atoms with Crippen LogP contribution in [0.25, 0.3) is 0 Å². The third-order valence-corrected chi connectivity index (χ3v) is 3.70. The summed E-state index contributed by atoms with van der Waals surface area (Å²) in [6, 6.07) is 4.46. The number of methoxy groups -OCH3 is 1. The first-order valence-corrected chi connectivity index (χ1v) is 8.15. The molecule has 0 aliphatic carbocycles. The van der Waals surface area contributed by atoms with E-state index in [2.05, 4.69) is 5.32 Å². The van der Waals surface area contributed by atoms with E-state index in [9.17, 15) is 12.8 Å². The van der Waals surface area contributed by atoms with Gasteiger partial charge in [-0.15, -0.1) is 0 Å². The van der Waals surface area contributed by atoms with Crippen LogP contribution in [-0.2, 0) is 16.3 Å². The van der Waals surface area contributed by atoms with Gasteiger partial charge in [0.2, 0.25) is 0 Å². The Hall–Kier alpha value is -1.14. The Morgan fingerprint density at radius 1 is 1.42 bits per heavy atom. The Balaban J connectivity index is 2.81. The molecule has 0 heterocycles. The maximum Gasteiger partial charge on any atom is 0.165 e. The van der Waals surface area contributed by atoms with Crippen molar-refractivity contribution < 1.29 is 17.5 Å². The number of ether oxygens (including phenoxy) is 1. The molecule has 0 amide bonds. The van der Waals surface area contributed by atoms with Gasteiger partial charge in [0.15, 0.2) is 11.6 Å². The Morgan fingerprint density at radius 3 is 2.58 bits per heavy atom. The molecule has 1 aromatic rings. The lowest BCUT2D eigenvalue weighted by molar-refractivity contribution is 0.386. The van der Waals surface area contributed by atoms with Crippen LogP contribution in [0.5, 0.6) is 5.75 Å². The zero-order valence-electron chi connectivity index (χ0n) is 11.4. The minimum atomic E-state index is -3.07. The van der Waals surface area contributed by atoms with E-state index in [-0.39, 0.29) is 17.5 Å². The molecule has 1 N–H and O–H groups in total. The van der Waals surface area contributed by atoms with E-state index in [0.29, 0.717) is 13.0 Å². The predicted octanol–water partition coefficient (Wildman–Crippen LogP) is 1.40. The van der Waals surface area contributed by atoms with Gasteiger partial charge in [0.1, 0.15) is 9.84 Å². The van der Waals surface area contributed by atoms with E-state index < -0.39 is 15.7 Å². The van der Waals surface area contributed by atoms with Gasteiger partial charge in [0.05, 0.1) is 12.9 Å². The molecule has 1 aromatic carbocycles. The number of benzene rings is 1. The molecular weight excluding hydrogens is 269 g/mol. The summed E-state index contributed by atoms with van der Waals surface area (Å²) in [7, 11) is -1.66. The smallest absolute Gasteiger partial charge is 0.165 e. The average Bonchev–Trinajstić information content (AvgIpc) is 2.27. The van der Waals surface area contributed by atoms with Crippen LogP contribution in [-0.4, -0.2) is 40.1 Å². The van der Waals surface area contributed by atoms with Crippen molar-refractivity contribution in [3.05, 3.63) is 29.6 Å². The molecule has 1 unspecified atom stereocenters. The monoisotopic (exact) mass is 289 g/mol. The van der Waals surface area contributed by atoms with Crippen molar-refractivity contribution in [3.8, 4) is 5.75 Å². The van der Waals surface area contributed by atoms with Crippen LogP contribution in [0.3, 0.4) is 0 Å². The normalized spacial score (nSPS) is 13.3. The molecule has 0 bridgehead atoms. The lowest BCUT2D eigenvalue weighted by Crippen LogP contribution is -2.37. The summed E-state index contributed by atoms with van der Waals surface area (Å²) in [4.78, 5) is 0.